The Morgan fingerprint density at radius 2 is 2.12 bits per heavy atom. The van der Waals surface area contributed by atoms with Crippen molar-refractivity contribution in [3.63, 3.8) is 0 Å². The molecule has 0 bridgehead atoms. The highest BCUT2D eigenvalue weighted by molar-refractivity contribution is 7.99. The van der Waals surface area contributed by atoms with Gasteiger partial charge in [0.05, 0.1) is 17.8 Å². The number of aromatic nitrogens is 3. The van der Waals surface area contributed by atoms with Crippen molar-refractivity contribution in [1.82, 2.24) is 15.2 Å². The van der Waals surface area contributed by atoms with Crippen LogP contribution in [-0.4, -0.2) is 34.0 Å². The Kier molecular flexibility index (Phi) is 6.62. The summed E-state index contributed by atoms with van der Waals surface area (Å²) in [6.07, 6.45) is 1.25. The van der Waals surface area contributed by atoms with Gasteiger partial charge in [-0.2, -0.15) is 4.98 Å². The van der Waals surface area contributed by atoms with Crippen molar-refractivity contribution in [1.29, 1.82) is 0 Å². The summed E-state index contributed by atoms with van der Waals surface area (Å²) in [5.41, 5.74) is 2.53. The van der Waals surface area contributed by atoms with Crippen LogP contribution in [-0.2, 0) is 4.79 Å². The molecule has 164 valence electrons. The average molecular weight is 469 g/mol. The van der Waals surface area contributed by atoms with E-state index in [0.29, 0.717) is 50.1 Å². The van der Waals surface area contributed by atoms with Crippen LogP contribution in [0.4, 0.5) is 5.69 Å². The van der Waals surface area contributed by atoms with E-state index >= 15 is 0 Å². The minimum absolute atomic E-state index is 0.114. The van der Waals surface area contributed by atoms with Crippen LogP contribution in [0.1, 0.15) is 25.1 Å². The highest BCUT2D eigenvalue weighted by Crippen LogP contribution is 2.44. The first-order valence-corrected chi connectivity index (χ1v) is 11.3. The van der Waals surface area contributed by atoms with E-state index in [1.807, 2.05) is 37.3 Å². The molecular weight excluding hydrogens is 448 g/mol. The van der Waals surface area contributed by atoms with Crippen LogP contribution in [0.2, 0.25) is 5.02 Å². The van der Waals surface area contributed by atoms with Crippen molar-refractivity contribution in [2.24, 2.45) is 0 Å². The van der Waals surface area contributed by atoms with Gasteiger partial charge in [0.15, 0.2) is 5.69 Å². The number of amides is 1. The van der Waals surface area contributed by atoms with Gasteiger partial charge in [-0.1, -0.05) is 54.6 Å². The van der Waals surface area contributed by atoms with Crippen molar-refractivity contribution < 1.29 is 14.3 Å². The van der Waals surface area contributed by atoms with E-state index < -0.39 is 6.23 Å². The lowest BCUT2D eigenvalue weighted by Crippen LogP contribution is -2.37. The zero-order valence-corrected chi connectivity index (χ0v) is 19.2. The van der Waals surface area contributed by atoms with E-state index in [1.54, 1.807) is 30.2 Å². The van der Waals surface area contributed by atoms with Gasteiger partial charge in [-0.05, 0) is 24.3 Å². The van der Waals surface area contributed by atoms with Crippen molar-refractivity contribution in [3.8, 4) is 22.9 Å². The highest BCUT2D eigenvalue weighted by Gasteiger charge is 2.35. The van der Waals surface area contributed by atoms with Gasteiger partial charge < -0.3 is 9.47 Å². The summed E-state index contributed by atoms with van der Waals surface area (Å²) < 4.78 is 11.6. The van der Waals surface area contributed by atoms with Crippen LogP contribution in [0.25, 0.3) is 11.3 Å². The Morgan fingerprint density at radius 1 is 1.31 bits per heavy atom. The Bertz CT molecular complexity index is 1170. The summed E-state index contributed by atoms with van der Waals surface area (Å²) >= 11 is 7.80. The van der Waals surface area contributed by atoms with Gasteiger partial charge >= 0.3 is 0 Å². The van der Waals surface area contributed by atoms with Crippen LogP contribution in [0.3, 0.4) is 0 Å². The van der Waals surface area contributed by atoms with Crippen molar-refractivity contribution in [2.75, 3.05) is 17.8 Å². The Morgan fingerprint density at radius 3 is 2.84 bits per heavy atom. The van der Waals surface area contributed by atoms with E-state index in [-0.39, 0.29) is 12.3 Å². The Balaban J connectivity index is 1.91. The molecule has 2 heterocycles. The first kappa shape index (κ1) is 22.1. The van der Waals surface area contributed by atoms with Gasteiger partial charge in [-0.15, -0.1) is 16.8 Å². The topological polar surface area (TPSA) is 77.4 Å². The fourth-order valence-electron chi connectivity index (χ4n) is 3.40. The minimum atomic E-state index is -0.804. The molecule has 32 heavy (non-hydrogen) atoms. The van der Waals surface area contributed by atoms with E-state index in [1.165, 1.54) is 11.8 Å². The lowest BCUT2D eigenvalue weighted by atomic mass is 10.1. The number of thioether (sulfide) groups is 1. The number of fused-ring (bicyclic) bond motifs is 3. The zero-order chi connectivity index (χ0) is 22.7. The number of carbonyl (C=O) groups excluding carboxylic acids is 1. The number of rotatable bonds is 6. The molecule has 0 saturated carbocycles. The van der Waals surface area contributed by atoms with Gasteiger partial charge in [0.25, 0.3) is 0 Å². The largest absolute Gasteiger partial charge is 0.495 e. The molecule has 0 radical (unpaired) electrons. The molecule has 1 aliphatic heterocycles. The second kappa shape index (κ2) is 9.58. The van der Waals surface area contributed by atoms with E-state index in [2.05, 4.69) is 21.8 Å². The molecule has 1 unspecified atom stereocenters. The van der Waals surface area contributed by atoms with E-state index in [4.69, 9.17) is 21.1 Å². The molecule has 3 aromatic rings. The molecule has 2 aromatic carbocycles. The standard InChI is InChI=1S/C23H21ClN4O3S/c1-4-12-32-23-25-21-20(26-27-23)15-8-6-7-9-17(15)28(19(29)5-2)22(31-21)14-10-11-18(30-3)16(24)13-14/h4,6-11,13,22H,1,5,12H2,2-3H3. The number of hydrogen-bond acceptors (Lipinski definition) is 7. The zero-order valence-electron chi connectivity index (χ0n) is 17.6. The molecule has 1 atom stereocenters. The molecule has 9 heteroatoms. The van der Waals surface area contributed by atoms with E-state index in [0.717, 1.165) is 0 Å². The molecular formula is C23H21ClN4O3S. The van der Waals surface area contributed by atoms with Crippen LogP contribution < -0.4 is 14.4 Å². The maximum atomic E-state index is 13.2. The maximum absolute atomic E-state index is 13.2. The van der Waals surface area contributed by atoms with Crippen molar-refractivity contribution in [2.45, 2.75) is 24.7 Å². The first-order chi connectivity index (χ1) is 15.6. The number of para-hydroxylation sites is 1. The predicted octanol–water partition coefficient (Wildman–Crippen LogP) is 5.31. The molecule has 4 rings (SSSR count). The molecule has 0 fully saturated rings. The number of nitrogens with zero attached hydrogens (tertiary/aromatic N) is 4. The molecule has 0 aliphatic carbocycles. The fraction of sp³-hybridized carbons (Fsp3) is 0.217. The summed E-state index contributed by atoms with van der Waals surface area (Å²) in [5.74, 6) is 1.35. The van der Waals surface area contributed by atoms with Crippen LogP contribution in [0.15, 0.2) is 60.3 Å². The van der Waals surface area contributed by atoms with Gasteiger partial charge in [0, 0.05) is 23.3 Å². The lowest BCUT2D eigenvalue weighted by molar-refractivity contribution is -0.120. The normalized spacial score (nSPS) is 14.6. The Hall–Kier alpha value is -3.10. The summed E-state index contributed by atoms with van der Waals surface area (Å²) in [4.78, 5) is 19.4. The fourth-order valence-corrected chi connectivity index (χ4v) is 4.18. The van der Waals surface area contributed by atoms with Crippen molar-refractivity contribution >= 4 is 35.0 Å². The summed E-state index contributed by atoms with van der Waals surface area (Å²) in [6, 6.07) is 12.8. The van der Waals surface area contributed by atoms with Gasteiger partial charge in [0.2, 0.25) is 23.2 Å². The van der Waals surface area contributed by atoms with Crippen LogP contribution in [0.5, 0.6) is 11.6 Å². The number of anilines is 1. The average Bonchev–Trinajstić information content (AvgIpc) is 2.96. The molecule has 7 nitrogen and oxygen atoms in total. The third-order valence-corrected chi connectivity index (χ3v) is 6.00. The number of ether oxygens (including phenoxy) is 2. The molecule has 0 N–H and O–H groups in total. The van der Waals surface area contributed by atoms with Gasteiger partial charge in [-0.3, -0.25) is 9.69 Å². The lowest BCUT2D eigenvalue weighted by Gasteiger charge is -2.30. The predicted molar refractivity (Wildman–Crippen MR) is 125 cm³/mol. The quantitative estimate of drug-likeness (QED) is 0.358. The first-order valence-electron chi connectivity index (χ1n) is 9.97. The highest BCUT2D eigenvalue weighted by atomic mass is 35.5. The van der Waals surface area contributed by atoms with Gasteiger partial charge in [0.1, 0.15) is 5.75 Å². The number of hydrogen-bond donors (Lipinski definition) is 0. The summed E-state index contributed by atoms with van der Waals surface area (Å²) in [5, 5.41) is 9.49. The molecule has 0 spiro atoms. The molecule has 1 aliphatic rings. The summed E-state index contributed by atoms with van der Waals surface area (Å²) in [6.45, 7) is 5.53. The minimum Gasteiger partial charge on any atom is -0.495 e. The maximum Gasteiger partial charge on any atom is 0.247 e. The van der Waals surface area contributed by atoms with Crippen LogP contribution >= 0.6 is 23.4 Å². The smallest absolute Gasteiger partial charge is 0.247 e. The molecule has 1 aromatic heterocycles. The number of benzene rings is 2. The van der Waals surface area contributed by atoms with E-state index in [9.17, 15) is 4.79 Å². The number of methoxy groups -OCH3 is 1. The second-order valence-electron chi connectivity index (χ2n) is 6.85. The third kappa shape index (κ3) is 4.16. The van der Waals surface area contributed by atoms with Gasteiger partial charge in [-0.25, -0.2) is 0 Å². The summed E-state index contributed by atoms with van der Waals surface area (Å²) in [7, 11) is 1.55. The Labute approximate surface area is 195 Å². The number of carbonyl (C=O) groups is 1. The number of halogens is 1. The SMILES string of the molecule is C=CCSc1nnc2c(n1)OC(c1ccc(OC)c(Cl)c1)N(C(=O)CC)c1ccccc1-2. The second-order valence-corrected chi connectivity index (χ2v) is 8.24. The van der Waals surface area contributed by atoms with Crippen molar-refractivity contribution in [3.05, 3.63) is 65.7 Å². The third-order valence-electron chi connectivity index (χ3n) is 4.87. The molecule has 1 amide bonds. The monoisotopic (exact) mass is 468 g/mol. The van der Waals surface area contributed by atoms with Crippen LogP contribution in [0, 0.1) is 0 Å². The molecule has 0 saturated heterocycles.